The molecule has 7 heteroatoms. The number of ether oxygens (including phenoxy) is 3. The molecule has 3 rings (SSSR count). The summed E-state index contributed by atoms with van der Waals surface area (Å²) in [4.78, 5) is 4.51. The first-order valence-corrected chi connectivity index (χ1v) is 7.80. The number of nitrogens with zero attached hydrogens (tertiary/aromatic N) is 3. The summed E-state index contributed by atoms with van der Waals surface area (Å²) >= 11 is 0. The van der Waals surface area contributed by atoms with E-state index < -0.39 is 0 Å². The lowest BCUT2D eigenvalue weighted by atomic mass is 10.2. The van der Waals surface area contributed by atoms with Gasteiger partial charge in [-0.2, -0.15) is 4.98 Å². The maximum atomic E-state index is 5.78. The van der Waals surface area contributed by atoms with Crippen LogP contribution in [0.5, 0.6) is 11.8 Å². The first-order valence-electron chi connectivity index (χ1n) is 7.80. The zero-order valence-electron chi connectivity index (χ0n) is 14.2. The largest absolute Gasteiger partial charge is 0.497 e. The standard InChI is InChI=1S/C18H20N4O3/c1-23-10-11-25-18-20-17(13-4-3-5-16(12-13)24-2)22(21-18)15-8-6-14(19)7-9-15/h3-9,12H,10-11,19H2,1-2H3. The van der Waals surface area contributed by atoms with Crippen molar-refractivity contribution < 1.29 is 14.2 Å². The van der Waals surface area contributed by atoms with Gasteiger partial charge >= 0.3 is 6.01 Å². The Morgan fingerprint density at radius 3 is 2.56 bits per heavy atom. The molecule has 1 heterocycles. The van der Waals surface area contributed by atoms with E-state index in [1.807, 2.05) is 48.5 Å². The molecule has 0 aliphatic heterocycles. The first-order chi connectivity index (χ1) is 12.2. The molecule has 3 aromatic rings. The zero-order valence-corrected chi connectivity index (χ0v) is 14.2. The summed E-state index contributed by atoms with van der Waals surface area (Å²) in [6.07, 6.45) is 0. The zero-order chi connectivity index (χ0) is 17.6. The average molecular weight is 340 g/mol. The van der Waals surface area contributed by atoms with E-state index in [-0.39, 0.29) is 6.01 Å². The number of anilines is 1. The molecule has 0 amide bonds. The highest BCUT2D eigenvalue weighted by molar-refractivity contribution is 5.61. The molecule has 7 nitrogen and oxygen atoms in total. The van der Waals surface area contributed by atoms with E-state index >= 15 is 0 Å². The molecule has 1 aromatic heterocycles. The van der Waals surface area contributed by atoms with Gasteiger partial charge in [-0.25, -0.2) is 4.68 Å². The van der Waals surface area contributed by atoms with Crippen molar-refractivity contribution in [1.82, 2.24) is 14.8 Å². The van der Waals surface area contributed by atoms with Gasteiger partial charge in [0.05, 0.1) is 19.4 Å². The Hall–Kier alpha value is -3.06. The monoisotopic (exact) mass is 340 g/mol. The van der Waals surface area contributed by atoms with Crippen molar-refractivity contribution in [2.45, 2.75) is 0 Å². The van der Waals surface area contributed by atoms with Crippen molar-refractivity contribution in [2.75, 3.05) is 33.2 Å². The van der Waals surface area contributed by atoms with Crippen molar-refractivity contribution in [1.29, 1.82) is 0 Å². The van der Waals surface area contributed by atoms with E-state index in [1.54, 1.807) is 18.9 Å². The smallest absolute Gasteiger partial charge is 0.336 e. The fraction of sp³-hybridized carbons (Fsp3) is 0.222. The van der Waals surface area contributed by atoms with E-state index in [9.17, 15) is 0 Å². The van der Waals surface area contributed by atoms with Crippen molar-refractivity contribution in [2.24, 2.45) is 0 Å². The van der Waals surface area contributed by atoms with Gasteiger partial charge in [0, 0.05) is 18.4 Å². The van der Waals surface area contributed by atoms with Gasteiger partial charge in [0.25, 0.3) is 0 Å². The lowest BCUT2D eigenvalue weighted by molar-refractivity contribution is 0.141. The fourth-order valence-electron chi connectivity index (χ4n) is 2.32. The third kappa shape index (κ3) is 3.89. The summed E-state index contributed by atoms with van der Waals surface area (Å²) in [5.74, 6) is 1.39. The lowest BCUT2D eigenvalue weighted by Gasteiger charge is -2.07. The Morgan fingerprint density at radius 2 is 1.84 bits per heavy atom. The summed E-state index contributed by atoms with van der Waals surface area (Å²) < 4.78 is 17.6. The molecule has 0 fully saturated rings. The predicted molar refractivity (Wildman–Crippen MR) is 95.1 cm³/mol. The van der Waals surface area contributed by atoms with Crippen LogP contribution < -0.4 is 15.2 Å². The van der Waals surface area contributed by atoms with Crippen LogP contribution in [0.4, 0.5) is 5.69 Å². The van der Waals surface area contributed by atoms with Crippen molar-refractivity contribution in [3.05, 3.63) is 48.5 Å². The summed E-state index contributed by atoms with van der Waals surface area (Å²) in [6, 6.07) is 15.3. The van der Waals surface area contributed by atoms with Gasteiger partial charge in [-0.1, -0.05) is 12.1 Å². The summed E-state index contributed by atoms with van der Waals surface area (Å²) in [6.45, 7) is 0.838. The topological polar surface area (TPSA) is 84.4 Å². The molecule has 25 heavy (non-hydrogen) atoms. The van der Waals surface area contributed by atoms with Gasteiger partial charge in [-0.3, -0.25) is 0 Å². The number of hydrogen-bond donors (Lipinski definition) is 1. The van der Waals surface area contributed by atoms with E-state index in [2.05, 4.69) is 10.1 Å². The van der Waals surface area contributed by atoms with Crippen molar-refractivity contribution in [3.8, 4) is 28.8 Å². The van der Waals surface area contributed by atoms with Gasteiger partial charge in [-0.15, -0.1) is 5.10 Å². The van der Waals surface area contributed by atoms with Crippen LogP contribution in [0.1, 0.15) is 0 Å². The third-order valence-electron chi connectivity index (χ3n) is 3.57. The van der Waals surface area contributed by atoms with Gasteiger partial charge < -0.3 is 19.9 Å². The molecule has 0 unspecified atom stereocenters. The van der Waals surface area contributed by atoms with E-state index in [0.29, 0.717) is 24.7 Å². The highest BCUT2D eigenvalue weighted by Crippen LogP contribution is 2.26. The molecule has 0 saturated heterocycles. The number of nitrogens with two attached hydrogens (primary N) is 1. The number of rotatable bonds is 7. The molecule has 0 radical (unpaired) electrons. The molecule has 0 bridgehead atoms. The highest BCUT2D eigenvalue weighted by atomic mass is 16.5. The Balaban J connectivity index is 2.02. The number of methoxy groups -OCH3 is 2. The molecule has 130 valence electrons. The quantitative estimate of drug-likeness (QED) is 0.525. The fourth-order valence-corrected chi connectivity index (χ4v) is 2.32. The molecule has 0 saturated carbocycles. The maximum Gasteiger partial charge on any atom is 0.336 e. The second-order valence-corrected chi connectivity index (χ2v) is 5.29. The Labute approximate surface area is 146 Å². The summed E-state index contributed by atoms with van der Waals surface area (Å²) in [7, 11) is 3.24. The number of benzene rings is 2. The van der Waals surface area contributed by atoms with E-state index in [0.717, 1.165) is 17.0 Å². The number of hydrogen-bond acceptors (Lipinski definition) is 6. The Bertz CT molecular complexity index is 831. The Kier molecular flexibility index (Phi) is 5.15. The molecular weight excluding hydrogens is 320 g/mol. The third-order valence-corrected chi connectivity index (χ3v) is 3.57. The minimum atomic E-state index is 0.284. The van der Waals surface area contributed by atoms with Crippen LogP contribution in [0.15, 0.2) is 48.5 Å². The summed E-state index contributed by atoms with van der Waals surface area (Å²) in [5.41, 5.74) is 8.16. The second-order valence-electron chi connectivity index (χ2n) is 5.29. The van der Waals surface area contributed by atoms with Crippen molar-refractivity contribution in [3.63, 3.8) is 0 Å². The maximum absolute atomic E-state index is 5.78. The Morgan fingerprint density at radius 1 is 1.04 bits per heavy atom. The normalized spacial score (nSPS) is 10.6. The molecule has 0 aliphatic carbocycles. The molecule has 0 aliphatic rings. The van der Waals surface area contributed by atoms with Crippen LogP contribution in [0.2, 0.25) is 0 Å². The molecule has 2 N–H and O–H groups in total. The number of aromatic nitrogens is 3. The first kappa shape index (κ1) is 16.8. The van der Waals surface area contributed by atoms with Crippen LogP contribution >= 0.6 is 0 Å². The van der Waals surface area contributed by atoms with E-state index in [4.69, 9.17) is 19.9 Å². The predicted octanol–water partition coefficient (Wildman–Crippen LogP) is 2.55. The van der Waals surface area contributed by atoms with Gasteiger partial charge in [0.15, 0.2) is 5.82 Å². The number of nitrogen functional groups attached to an aromatic ring is 1. The van der Waals surface area contributed by atoms with Crippen molar-refractivity contribution >= 4 is 5.69 Å². The molecule has 0 atom stereocenters. The summed E-state index contributed by atoms with van der Waals surface area (Å²) in [5, 5.41) is 4.46. The van der Waals surface area contributed by atoms with Crippen LogP contribution in [-0.4, -0.2) is 42.2 Å². The molecule has 0 spiro atoms. The van der Waals surface area contributed by atoms with Crippen LogP contribution in [0.3, 0.4) is 0 Å². The molecular formula is C18H20N4O3. The molecule has 2 aromatic carbocycles. The van der Waals surface area contributed by atoms with Crippen LogP contribution in [0, 0.1) is 0 Å². The van der Waals surface area contributed by atoms with Crippen LogP contribution in [0.25, 0.3) is 17.1 Å². The van der Waals surface area contributed by atoms with E-state index in [1.165, 1.54) is 0 Å². The van der Waals surface area contributed by atoms with Gasteiger partial charge in [0.2, 0.25) is 0 Å². The highest BCUT2D eigenvalue weighted by Gasteiger charge is 2.15. The SMILES string of the molecule is COCCOc1nc(-c2cccc(OC)c2)n(-c2ccc(N)cc2)n1. The lowest BCUT2D eigenvalue weighted by Crippen LogP contribution is -2.05. The van der Waals surface area contributed by atoms with Gasteiger partial charge in [0.1, 0.15) is 12.4 Å². The van der Waals surface area contributed by atoms with Crippen LogP contribution in [-0.2, 0) is 4.74 Å². The minimum Gasteiger partial charge on any atom is -0.497 e. The minimum absolute atomic E-state index is 0.284. The average Bonchev–Trinajstić information content (AvgIpc) is 3.07. The second kappa shape index (κ2) is 7.67. The van der Waals surface area contributed by atoms with Gasteiger partial charge in [-0.05, 0) is 36.4 Å².